The average molecular weight is 384 g/mol. The summed E-state index contributed by atoms with van der Waals surface area (Å²) in [5.74, 6) is 1.77. The number of nitrogens with one attached hydrogen (secondary N) is 1. The zero-order valence-electron chi connectivity index (χ0n) is 16.5. The SMILES string of the molecule is COc1ccc2cc(CNCc3ccccc3OCc3ccccn3)ccc2c1. The smallest absolute Gasteiger partial charge is 0.130 e. The van der Waals surface area contributed by atoms with Gasteiger partial charge in [0.25, 0.3) is 0 Å². The highest BCUT2D eigenvalue weighted by Gasteiger charge is 2.05. The molecule has 1 aromatic heterocycles. The molecule has 0 atom stereocenters. The van der Waals surface area contributed by atoms with Crippen molar-refractivity contribution >= 4 is 10.8 Å². The van der Waals surface area contributed by atoms with Crippen LogP contribution in [0.2, 0.25) is 0 Å². The number of hydrogen-bond donors (Lipinski definition) is 1. The summed E-state index contributed by atoms with van der Waals surface area (Å²) in [5, 5.41) is 5.92. The van der Waals surface area contributed by atoms with Crippen LogP contribution in [0.15, 0.2) is 85.1 Å². The molecule has 0 saturated carbocycles. The number of pyridine rings is 1. The van der Waals surface area contributed by atoms with E-state index in [2.05, 4.69) is 46.7 Å². The van der Waals surface area contributed by atoms with Crippen LogP contribution in [0.5, 0.6) is 11.5 Å². The molecule has 0 bridgehead atoms. The predicted molar refractivity (Wildman–Crippen MR) is 116 cm³/mol. The van der Waals surface area contributed by atoms with Gasteiger partial charge in [0.2, 0.25) is 0 Å². The molecule has 0 aliphatic rings. The van der Waals surface area contributed by atoms with Gasteiger partial charge in [-0.05, 0) is 52.7 Å². The van der Waals surface area contributed by atoms with Crippen molar-refractivity contribution in [1.82, 2.24) is 10.3 Å². The van der Waals surface area contributed by atoms with Crippen LogP contribution in [-0.4, -0.2) is 12.1 Å². The van der Waals surface area contributed by atoms with Gasteiger partial charge in [-0.2, -0.15) is 0 Å². The van der Waals surface area contributed by atoms with E-state index in [9.17, 15) is 0 Å². The van der Waals surface area contributed by atoms with E-state index in [1.807, 2.05) is 42.5 Å². The lowest BCUT2D eigenvalue weighted by Gasteiger charge is -2.12. The second-order valence-corrected chi connectivity index (χ2v) is 6.87. The number of ether oxygens (including phenoxy) is 2. The van der Waals surface area contributed by atoms with Gasteiger partial charge in [-0.3, -0.25) is 4.98 Å². The molecular formula is C25H24N2O2. The van der Waals surface area contributed by atoms with Gasteiger partial charge in [-0.15, -0.1) is 0 Å². The minimum Gasteiger partial charge on any atom is -0.497 e. The molecule has 0 aliphatic carbocycles. The van der Waals surface area contributed by atoms with Gasteiger partial charge in [-0.1, -0.05) is 42.5 Å². The molecule has 4 aromatic rings. The summed E-state index contributed by atoms with van der Waals surface area (Å²) in [6, 6.07) is 26.6. The third-order valence-corrected chi connectivity index (χ3v) is 4.83. The Kier molecular flexibility index (Phi) is 6.03. The van der Waals surface area contributed by atoms with Gasteiger partial charge in [-0.25, -0.2) is 0 Å². The topological polar surface area (TPSA) is 43.4 Å². The minimum absolute atomic E-state index is 0.464. The number of methoxy groups -OCH3 is 1. The van der Waals surface area contributed by atoms with Crippen LogP contribution >= 0.6 is 0 Å². The fourth-order valence-electron chi connectivity index (χ4n) is 3.28. The molecule has 1 heterocycles. The lowest BCUT2D eigenvalue weighted by molar-refractivity contribution is 0.297. The Morgan fingerprint density at radius 2 is 1.66 bits per heavy atom. The molecular weight excluding hydrogens is 360 g/mol. The summed E-state index contributed by atoms with van der Waals surface area (Å²) in [6.07, 6.45) is 1.78. The Hall–Kier alpha value is -3.37. The van der Waals surface area contributed by atoms with E-state index in [0.29, 0.717) is 6.61 Å². The Morgan fingerprint density at radius 3 is 2.52 bits per heavy atom. The maximum atomic E-state index is 5.99. The molecule has 0 aliphatic heterocycles. The molecule has 3 aromatic carbocycles. The van der Waals surface area contributed by atoms with Crippen molar-refractivity contribution in [3.8, 4) is 11.5 Å². The van der Waals surface area contributed by atoms with E-state index >= 15 is 0 Å². The molecule has 0 radical (unpaired) electrons. The Balaban J connectivity index is 1.37. The lowest BCUT2D eigenvalue weighted by Crippen LogP contribution is -2.13. The van der Waals surface area contributed by atoms with Crippen LogP contribution in [-0.2, 0) is 19.7 Å². The molecule has 0 amide bonds. The highest BCUT2D eigenvalue weighted by Crippen LogP contribution is 2.22. The normalized spacial score (nSPS) is 10.8. The Morgan fingerprint density at radius 1 is 0.828 bits per heavy atom. The first-order chi connectivity index (χ1) is 14.3. The van der Waals surface area contributed by atoms with Crippen molar-refractivity contribution in [2.75, 3.05) is 7.11 Å². The zero-order chi connectivity index (χ0) is 19.9. The summed E-state index contributed by atoms with van der Waals surface area (Å²) >= 11 is 0. The number of rotatable bonds is 8. The van der Waals surface area contributed by atoms with Crippen LogP contribution in [0.3, 0.4) is 0 Å². The average Bonchev–Trinajstić information content (AvgIpc) is 2.78. The van der Waals surface area contributed by atoms with Crippen molar-refractivity contribution in [2.45, 2.75) is 19.7 Å². The molecule has 4 heteroatoms. The maximum Gasteiger partial charge on any atom is 0.130 e. The number of fused-ring (bicyclic) bond motifs is 1. The van der Waals surface area contributed by atoms with Crippen LogP contribution in [0.1, 0.15) is 16.8 Å². The summed E-state index contributed by atoms with van der Waals surface area (Å²) < 4.78 is 11.3. The van der Waals surface area contributed by atoms with Gasteiger partial charge in [0, 0.05) is 24.8 Å². The van der Waals surface area contributed by atoms with E-state index in [0.717, 1.165) is 35.8 Å². The third-order valence-electron chi connectivity index (χ3n) is 4.83. The zero-order valence-corrected chi connectivity index (χ0v) is 16.5. The highest BCUT2D eigenvalue weighted by atomic mass is 16.5. The molecule has 29 heavy (non-hydrogen) atoms. The number of para-hydroxylation sites is 1. The number of nitrogens with zero attached hydrogens (tertiary/aromatic N) is 1. The first kappa shape index (κ1) is 19.0. The van der Waals surface area contributed by atoms with E-state index in [4.69, 9.17) is 9.47 Å². The molecule has 0 fully saturated rings. The molecule has 0 spiro atoms. The maximum absolute atomic E-state index is 5.99. The quantitative estimate of drug-likeness (QED) is 0.458. The first-order valence-corrected chi connectivity index (χ1v) is 9.70. The Labute approximate surface area is 171 Å². The van der Waals surface area contributed by atoms with Gasteiger partial charge in [0.1, 0.15) is 18.1 Å². The van der Waals surface area contributed by atoms with E-state index in [-0.39, 0.29) is 0 Å². The molecule has 4 rings (SSSR count). The number of aromatic nitrogens is 1. The number of benzene rings is 3. The summed E-state index contributed by atoms with van der Waals surface area (Å²) in [4.78, 5) is 4.31. The standard InChI is InChI=1S/C25H24N2O2/c1-28-24-12-11-20-14-19(9-10-21(20)15-24)16-26-17-22-6-2-3-8-25(22)29-18-23-7-4-5-13-27-23/h2-15,26H,16-18H2,1H3. The van der Waals surface area contributed by atoms with Gasteiger partial charge in [0.05, 0.1) is 12.8 Å². The van der Waals surface area contributed by atoms with Crippen molar-refractivity contribution in [2.24, 2.45) is 0 Å². The predicted octanol–water partition coefficient (Wildman–Crippen LogP) is 5.11. The van der Waals surface area contributed by atoms with Gasteiger partial charge < -0.3 is 14.8 Å². The summed E-state index contributed by atoms with van der Waals surface area (Å²) in [5.41, 5.74) is 3.30. The molecule has 0 saturated heterocycles. The largest absolute Gasteiger partial charge is 0.497 e. The fraction of sp³-hybridized carbons (Fsp3) is 0.160. The third kappa shape index (κ3) is 4.92. The lowest BCUT2D eigenvalue weighted by atomic mass is 10.1. The van der Waals surface area contributed by atoms with E-state index in [1.165, 1.54) is 16.3 Å². The second-order valence-electron chi connectivity index (χ2n) is 6.87. The monoisotopic (exact) mass is 384 g/mol. The van der Waals surface area contributed by atoms with Crippen LogP contribution in [0.4, 0.5) is 0 Å². The van der Waals surface area contributed by atoms with Gasteiger partial charge >= 0.3 is 0 Å². The highest BCUT2D eigenvalue weighted by molar-refractivity contribution is 5.84. The van der Waals surface area contributed by atoms with Crippen LogP contribution < -0.4 is 14.8 Å². The van der Waals surface area contributed by atoms with E-state index in [1.54, 1.807) is 13.3 Å². The Bertz CT molecular complexity index is 1080. The minimum atomic E-state index is 0.464. The fourth-order valence-corrected chi connectivity index (χ4v) is 3.28. The van der Waals surface area contributed by atoms with Crippen LogP contribution in [0, 0.1) is 0 Å². The van der Waals surface area contributed by atoms with Crippen molar-refractivity contribution in [3.05, 3.63) is 102 Å². The second kappa shape index (κ2) is 9.22. The molecule has 0 unspecified atom stereocenters. The van der Waals surface area contributed by atoms with Crippen molar-refractivity contribution in [1.29, 1.82) is 0 Å². The molecule has 4 nitrogen and oxygen atoms in total. The van der Waals surface area contributed by atoms with E-state index < -0.39 is 0 Å². The van der Waals surface area contributed by atoms with Crippen LogP contribution in [0.25, 0.3) is 10.8 Å². The van der Waals surface area contributed by atoms with Crippen molar-refractivity contribution < 1.29 is 9.47 Å². The van der Waals surface area contributed by atoms with Crippen molar-refractivity contribution in [3.63, 3.8) is 0 Å². The van der Waals surface area contributed by atoms with Gasteiger partial charge in [0.15, 0.2) is 0 Å². The summed E-state index contributed by atoms with van der Waals surface area (Å²) in [7, 11) is 1.69. The molecule has 1 N–H and O–H groups in total. The summed E-state index contributed by atoms with van der Waals surface area (Å²) in [6.45, 7) is 1.99. The number of hydrogen-bond acceptors (Lipinski definition) is 4. The first-order valence-electron chi connectivity index (χ1n) is 9.70. The molecule has 146 valence electrons.